The summed E-state index contributed by atoms with van der Waals surface area (Å²) in [5, 5.41) is 15.4. The van der Waals surface area contributed by atoms with E-state index in [4.69, 9.17) is 11.6 Å². The zero-order valence-corrected chi connectivity index (χ0v) is 11.4. The van der Waals surface area contributed by atoms with Crippen LogP contribution in [0.25, 0.3) is 0 Å². The molecule has 1 N–H and O–H groups in total. The van der Waals surface area contributed by atoms with Gasteiger partial charge in [0.25, 0.3) is 0 Å². The number of aryl methyl sites for hydroxylation is 1. The first-order valence-electron chi connectivity index (χ1n) is 6.48. The van der Waals surface area contributed by atoms with Crippen LogP contribution in [0.4, 0.5) is 0 Å². The van der Waals surface area contributed by atoms with Gasteiger partial charge >= 0.3 is 0 Å². The van der Waals surface area contributed by atoms with Crippen LogP contribution in [0.3, 0.4) is 0 Å². The summed E-state index contributed by atoms with van der Waals surface area (Å²) in [7, 11) is 0. The summed E-state index contributed by atoms with van der Waals surface area (Å²) in [5.41, 5.74) is 0.744. The summed E-state index contributed by atoms with van der Waals surface area (Å²) in [6, 6.07) is 0. The Kier molecular flexibility index (Phi) is 3.79. The van der Waals surface area contributed by atoms with E-state index >= 15 is 0 Å². The van der Waals surface area contributed by atoms with Crippen LogP contribution in [-0.2, 0) is 6.54 Å². The Bertz CT molecular complexity index is 383. The number of hydrogen-bond acceptors (Lipinski definition) is 2. The summed E-state index contributed by atoms with van der Waals surface area (Å²) in [4.78, 5) is 0. The molecule has 1 saturated carbocycles. The van der Waals surface area contributed by atoms with Gasteiger partial charge in [-0.05, 0) is 25.2 Å². The first-order chi connectivity index (χ1) is 8.08. The summed E-state index contributed by atoms with van der Waals surface area (Å²) < 4.78 is 1.81. The van der Waals surface area contributed by atoms with Gasteiger partial charge in [-0.3, -0.25) is 4.68 Å². The van der Waals surface area contributed by atoms with Crippen molar-refractivity contribution in [2.24, 2.45) is 5.41 Å². The third-order valence-corrected chi connectivity index (χ3v) is 4.34. The standard InChI is InChI=1S/C13H21ClN2O/c1-3-16-11(10(14)9-15-16)12(17)13(2)7-5-4-6-8-13/h9,12,17H,3-8H2,1-2H3. The SMILES string of the molecule is CCn1ncc(Cl)c1C(O)C1(C)CCCCC1. The predicted octanol–water partition coefficient (Wildman–Crippen LogP) is 3.56. The molecule has 1 aliphatic carbocycles. The molecule has 0 spiro atoms. The van der Waals surface area contributed by atoms with E-state index in [1.54, 1.807) is 6.20 Å². The van der Waals surface area contributed by atoms with Crippen LogP contribution in [0, 0.1) is 5.41 Å². The Balaban J connectivity index is 2.28. The fraction of sp³-hybridized carbons (Fsp3) is 0.769. The molecule has 1 atom stereocenters. The molecule has 1 unspecified atom stereocenters. The van der Waals surface area contributed by atoms with E-state index in [1.165, 1.54) is 19.3 Å². The number of rotatable bonds is 3. The zero-order valence-electron chi connectivity index (χ0n) is 10.6. The first-order valence-corrected chi connectivity index (χ1v) is 6.85. The minimum absolute atomic E-state index is 0.0468. The molecule has 3 nitrogen and oxygen atoms in total. The highest BCUT2D eigenvalue weighted by Crippen LogP contribution is 2.46. The lowest BCUT2D eigenvalue weighted by Crippen LogP contribution is -2.30. The smallest absolute Gasteiger partial charge is 0.102 e. The van der Waals surface area contributed by atoms with E-state index in [0.29, 0.717) is 5.02 Å². The second-order valence-corrected chi connectivity index (χ2v) is 5.72. The number of halogens is 1. The van der Waals surface area contributed by atoms with Crippen molar-refractivity contribution >= 4 is 11.6 Å². The number of aliphatic hydroxyl groups excluding tert-OH is 1. The van der Waals surface area contributed by atoms with Gasteiger partial charge in [-0.25, -0.2) is 0 Å². The third kappa shape index (κ3) is 2.36. The summed E-state index contributed by atoms with van der Waals surface area (Å²) in [6.07, 6.45) is 6.95. The van der Waals surface area contributed by atoms with Crippen molar-refractivity contribution in [1.82, 2.24) is 9.78 Å². The summed E-state index contributed by atoms with van der Waals surface area (Å²) in [5.74, 6) is 0. The van der Waals surface area contributed by atoms with Crippen molar-refractivity contribution in [3.05, 3.63) is 16.9 Å². The first kappa shape index (κ1) is 12.9. The Labute approximate surface area is 108 Å². The average molecular weight is 257 g/mol. The van der Waals surface area contributed by atoms with E-state index in [0.717, 1.165) is 25.1 Å². The fourth-order valence-corrected chi connectivity index (χ4v) is 3.10. The Morgan fingerprint density at radius 1 is 1.47 bits per heavy atom. The van der Waals surface area contributed by atoms with Gasteiger partial charge < -0.3 is 5.11 Å². The van der Waals surface area contributed by atoms with Crippen molar-refractivity contribution in [1.29, 1.82) is 0 Å². The van der Waals surface area contributed by atoms with Crippen LogP contribution in [0.2, 0.25) is 5.02 Å². The van der Waals surface area contributed by atoms with Gasteiger partial charge in [-0.1, -0.05) is 37.8 Å². The van der Waals surface area contributed by atoms with Crippen molar-refractivity contribution in [3.8, 4) is 0 Å². The number of nitrogens with zero attached hydrogens (tertiary/aromatic N) is 2. The molecule has 1 aliphatic rings. The monoisotopic (exact) mass is 256 g/mol. The van der Waals surface area contributed by atoms with Gasteiger partial charge in [0.1, 0.15) is 6.10 Å². The minimum atomic E-state index is -0.502. The van der Waals surface area contributed by atoms with E-state index < -0.39 is 6.10 Å². The molecule has 0 aromatic carbocycles. The molecule has 4 heteroatoms. The topological polar surface area (TPSA) is 38.0 Å². The second-order valence-electron chi connectivity index (χ2n) is 5.31. The Morgan fingerprint density at radius 3 is 2.71 bits per heavy atom. The van der Waals surface area contributed by atoms with Gasteiger partial charge in [0, 0.05) is 6.54 Å². The molecular weight excluding hydrogens is 236 g/mol. The predicted molar refractivity (Wildman–Crippen MR) is 69.1 cm³/mol. The van der Waals surface area contributed by atoms with E-state index in [9.17, 15) is 5.11 Å². The van der Waals surface area contributed by atoms with Crippen LogP contribution in [0.15, 0.2) is 6.20 Å². The van der Waals surface area contributed by atoms with E-state index in [-0.39, 0.29) is 5.41 Å². The second kappa shape index (κ2) is 4.99. The quantitative estimate of drug-likeness (QED) is 0.898. The molecule has 17 heavy (non-hydrogen) atoms. The third-order valence-electron chi connectivity index (χ3n) is 4.05. The molecule has 96 valence electrons. The molecule has 1 heterocycles. The van der Waals surface area contributed by atoms with Gasteiger partial charge in [0.2, 0.25) is 0 Å². The van der Waals surface area contributed by atoms with Crippen LogP contribution < -0.4 is 0 Å². The number of aliphatic hydroxyl groups is 1. The summed E-state index contributed by atoms with van der Waals surface area (Å²) in [6.45, 7) is 4.93. The summed E-state index contributed by atoms with van der Waals surface area (Å²) >= 11 is 6.16. The Hall–Kier alpha value is -0.540. The molecule has 1 aromatic rings. The molecule has 0 bridgehead atoms. The molecule has 1 aromatic heterocycles. The van der Waals surface area contributed by atoms with Gasteiger partial charge in [-0.15, -0.1) is 0 Å². The van der Waals surface area contributed by atoms with Crippen LogP contribution >= 0.6 is 11.6 Å². The highest BCUT2D eigenvalue weighted by atomic mass is 35.5. The van der Waals surface area contributed by atoms with E-state index in [2.05, 4.69) is 12.0 Å². The van der Waals surface area contributed by atoms with Gasteiger partial charge in [0.15, 0.2) is 0 Å². The highest BCUT2D eigenvalue weighted by molar-refractivity contribution is 6.31. The zero-order chi connectivity index (χ0) is 12.5. The molecule has 0 radical (unpaired) electrons. The van der Waals surface area contributed by atoms with Crippen LogP contribution in [0.1, 0.15) is 57.7 Å². The Morgan fingerprint density at radius 2 is 2.12 bits per heavy atom. The normalized spacial score (nSPS) is 21.4. The van der Waals surface area contributed by atoms with Gasteiger partial charge in [0.05, 0.1) is 16.9 Å². The minimum Gasteiger partial charge on any atom is -0.386 e. The maximum absolute atomic E-state index is 10.6. The van der Waals surface area contributed by atoms with Crippen LogP contribution in [-0.4, -0.2) is 14.9 Å². The molecule has 1 fully saturated rings. The maximum atomic E-state index is 10.6. The largest absolute Gasteiger partial charge is 0.386 e. The highest BCUT2D eigenvalue weighted by Gasteiger charge is 2.38. The average Bonchev–Trinajstić information content (AvgIpc) is 2.70. The molecular formula is C13H21ClN2O. The van der Waals surface area contributed by atoms with E-state index in [1.807, 2.05) is 11.6 Å². The molecule has 0 saturated heterocycles. The molecule has 2 rings (SSSR count). The number of hydrogen-bond donors (Lipinski definition) is 1. The fourth-order valence-electron chi connectivity index (χ4n) is 2.86. The lowest BCUT2D eigenvalue weighted by molar-refractivity contribution is 0.00231. The van der Waals surface area contributed by atoms with Crippen molar-refractivity contribution < 1.29 is 5.11 Å². The van der Waals surface area contributed by atoms with Gasteiger partial charge in [-0.2, -0.15) is 5.10 Å². The number of aromatic nitrogens is 2. The molecule has 0 amide bonds. The van der Waals surface area contributed by atoms with Crippen molar-refractivity contribution in [2.75, 3.05) is 0 Å². The lowest BCUT2D eigenvalue weighted by atomic mass is 9.71. The van der Waals surface area contributed by atoms with Crippen LogP contribution in [0.5, 0.6) is 0 Å². The van der Waals surface area contributed by atoms with Crippen molar-refractivity contribution in [2.45, 2.75) is 58.6 Å². The van der Waals surface area contributed by atoms with Crippen molar-refractivity contribution in [3.63, 3.8) is 0 Å². The maximum Gasteiger partial charge on any atom is 0.102 e. The lowest BCUT2D eigenvalue weighted by Gasteiger charge is -2.38. The molecule has 0 aliphatic heterocycles.